The Morgan fingerprint density at radius 3 is 2.35 bits per heavy atom. The molecule has 140 valence electrons. The Labute approximate surface area is 176 Å². The van der Waals surface area contributed by atoms with Gasteiger partial charge in [-0.3, -0.25) is 9.79 Å². The maximum absolute atomic E-state index is 11.9. The standard InChI is InChI=1S/C19H23ClN4O.HI/c1-21-19(23-11-10-15-6-5-9-17(20)14-15)24-13-12-22-18(25)16-7-3-2-4-8-16;/h2-9,14H,10-13H2,1H3,(H,22,25)(H2,21,23,24);1H. The van der Waals surface area contributed by atoms with Crippen LogP contribution in [0.1, 0.15) is 15.9 Å². The molecule has 3 N–H and O–H groups in total. The van der Waals surface area contributed by atoms with Gasteiger partial charge in [-0.1, -0.05) is 41.9 Å². The molecule has 0 heterocycles. The van der Waals surface area contributed by atoms with E-state index in [-0.39, 0.29) is 29.9 Å². The van der Waals surface area contributed by atoms with E-state index in [4.69, 9.17) is 11.6 Å². The predicted octanol–water partition coefficient (Wildman–Crippen LogP) is 3.10. The fraction of sp³-hybridized carbons (Fsp3) is 0.263. The van der Waals surface area contributed by atoms with Crippen LogP contribution in [0.2, 0.25) is 5.02 Å². The minimum Gasteiger partial charge on any atom is -0.356 e. The third-order valence-corrected chi connectivity index (χ3v) is 3.79. The fourth-order valence-corrected chi connectivity index (χ4v) is 2.50. The molecule has 1 amide bonds. The normalized spacial score (nSPS) is 10.6. The van der Waals surface area contributed by atoms with Gasteiger partial charge in [0.25, 0.3) is 5.91 Å². The number of carbonyl (C=O) groups is 1. The van der Waals surface area contributed by atoms with Crippen molar-refractivity contribution in [1.29, 1.82) is 0 Å². The van der Waals surface area contributed by atoms with Crippen LogP contribution in [0.25, 0.3) is 0 Å². The first kappa shape index (κ1) is 22.2. The third-order valence-electron chi connectivity index (χ3n) is 3.56. The van der Waals surface area contributed by atoms with Gasteiger partial charge >= 0.3 is 0 Å². The van der Waals surface area contributed by atoms with Crippen molar-refractivity contribution in [2.75, 3.05) is 26.7 Å². The van der Waals surface area contributed by atoms with Gasteiger partial charge in [-0.15, -0.1) is 24.0 Å². The zero-order chi connectivity index (χ0) is 17.9. The van der Waals surface area contributed by atoms with Gasteiger partial charge < -0.3 is 16.0 Å². The average molecular weight is 487 g/mol. The van der Waals surface area contributed by atoms with Crippen LogP contribution >= 0.6 is 35.6 Å². The number of hydrogen-bond acceptors (Lipinski definition) is 2. The van der Waals surface area contributed by atoms with E-state index in [1.54, 1.807) is 19.2 Å². The summed E-state index contributed by atoms with van der Waals surface area (Å²) in [4.78, 5) is 16.1. The van der Waals surface area contributed by atoms with Crippen molar-refractivity contribution in [1.82, 2.24) is 16.0 Å². The molecule has 0 aliphatic heterocycles. The molecule has 26 heavy (non-hydrogen) atoms. The second-order valence-electron chi connectivity index (χ2n) is 5.43. The molecular weight excluding hydrogens is 463 g/mol. The lowest BCUT2D eigenvalue weighted by atomic mass is 10.1. The first-order valence-corrected chi connectivity index (χ1v) is 8.59. The molecule has 0 bridgehead atoms. The number of rotatable bonds is 7. The largest absolute Gasteiger partial charge is 0.356 e. The van der Waals surface area contributed by atoms with Crippen LogP contribution in [0, 0.1) is 0 Å². The Kier molecular flexibility index (Phi) is 10.7. The van der Waals surface area contributed by atoms with E-state index in [9.17, 15) is 4.79 Å². The summed E-state index contributed by atoms with van der Waals surface area (Å²) in [5.41, 5.74) is 1.83. The summed E-state index contributed by atoms with van der Waals surface area (Å²) in [6.07, 6.45) is 0.853. The molecule has 2 aromatic carbocycles. The monoisotopic (exact) mass is 486 g/mol. The number of guanidine groups is 1. The summed E-state index contributed by atoms with van der Waals surface area (Å²) < 4.78 is 0. The first-order valence-electron chi connectivity index (χ1n) is 8.21. The number of carbonyl (C=O) groups excluding carboxylic acids is 1. The molecule has 0 radical (unpaired) electrons. The van der Waals surface area contributed by atoms with Gasteiger partial charge in [-0.25, -0.2) is 0 Å². The second-order valence-corrected chi connectivity index (χ2v) is 5.86. The van der Waals surface area contributed by atoms with Crippen LogP contribution in [0.4, 0.5) is 0 Å². The molecular formula is C19H24ClIN4O. The summed E-state index contributed by atoms with van der Waals surface area (Å²) in [6.45, 7) is 1.86. The predicted molar refractivity (Wildman–Crippen MR) is 119 cm³/mol. The summed E-state index contributed by atoms with van der Waals surface area (Å²) >= 11 is 5.98. The van der Waals surface area contributed by atoms with Crippen molar-refractivity contribution < 1.29 is 4.79 Å². The van der Waals surface area contributed by atoms with Crippen LogP contribution < -0.4 is 16.0 Å². The zero-order valence-corrected chi connectivity index (χ0v) is 17.8. The van der Waals surface area contributed by atoms with Crippen molar-refractivity contribution in [2.45, 2.75) is 6.42 Å². The lowest BCUT2D eigenvalue weighted by Crippen LogP contribution is -2.42. The fourth-order valence-electron chi connectivity index (χ4n) is 2.29. The molecule has 0 atom stereocenters. The minimum absolute atomic E-state index is 0. The van der Waals surface area contributed by atoms with Crippen LogP contribution in [-0.2, 0) is 6.42 Å². The van der Waals surface area contributed by atoms with Crippen molar-refractivity contribution in [3.63, 3.8) is 0 Å². The average Bonchev–Trinajstić information content (AvgIpc) is 2.64. The molecule has 0 saturated carbocycles. The highest BCUT2D eigenvalue weighted by atomic mass is 127. The van der Waals surface area contributed by atoms with E-state index in [1.165, 1.54) is 5.56 Å². The summed E-state index contributed by atoms with van der Waals surface area (Å²) in [6, 6.07) is 17.0. The molecule has 0 spiro atoms. The second kappa shape index (κ2) is 12.5. The molecule has 0 aliphatic carbocycles. The van der Waals surface area contributed by atoms with Crippen molar-refractivity contribution in [3.05, 3.63) is 70.7 Å². The van der Waals surface area contributed by atoms with E-state index in [0.717, 1.165) is 18.0 Å². The zero-order valence-electron chi connectivity index (χ0n) is 14.7. The molecule has 0 aromatic heterocycles. The van der Waals surface area contributed by atoms with Gasteiger partial charge in [0.2, 0.25) is 0 Å². The Hall–Kier alpha value is -1.80. The molecule has 0 aliphatic rings. The van der Waals surface area contributed by atoms with Gasteiger partial charge in [-0.2, -0.15) is 0 Å². The van der Waals surface area contributed by atoms with E-state index >= 15 is 0 Å². The summed E-state index contributed by atoms with van der Waals surface area (Å²) in [5.74, 6) is 0.627. The Balaban J connectivity index is 0.00000338. The molecule has 0 saturated heterocycles. The molecule has 5 nitrogen and oxygen atoms in total. The van der Waals surface area contributed by atoms with E-state index in [0.29, 0.717) is 24.6 Å². The SMILES string of the molecule is CN=C(NCCNC(=O)c1ccccc1)NCCc1cccc(Cl)c1.I. The van der Waals surface area contributed by atoms with Gasteiger partial charge in [-0.05, 0) is 36.2 Å². The van der Waals surface area contributed by atoms with Gasteiger partial charge in [0.15, 0.2) is 5.96 Å². The Morgan fingerprint density at radius 2 is 1.65 bits per heavy atom. The Bertz CT molecular complexity index is 710. The summed E-state index contributed by atoms with van der Waals surface area (Å²) in [5, 5.41) is 10.0. The van der Waals surface area contributed by atoms with Crippen LogP contribution in [0.3, 0.4) is 0 Å². The topological polar surface area (TPSA) is 65.5 Å². The van der Waals surface area contributed by atoms with E-state index < -0.39 is 0 Å². The number of amides is 1. The maximum atomic E-state index is 11.9. The molecule has 2 aromatic rings. The molecule has 7 heteroatoms. The lowest BCUT2D eigenvalue weighted by Gasteiger charge is -2.12. The van der Waals surface area contributed by atoms with E-state index in [1.807, 2.05) is 42.5 Å². The molecule has 0 fully saturated rings. The van der Waals surface area contributed by atoms with Crippen molar-refractivity contribution in [3.8, 4) is 0 Å². The number of nitrogens with one attached hydrogen (secondary N) is 3. The maximum Gasteiger partial charge on any atom is 0.251 e. The number of halogens is 2. The van der Waals surface area contributed by atoms with Gasteiger partial charge in [0.1, 0.15) is 0 Å². The minimum atomic E-state index is -0.0775. The third kappa shape index (κ3) is 8.05. The van der Waals surface area contributed by atoms with Crippen LogP contribution in [0.5, 0.6) is 0 Å². The lowest BCUT2D eigenvalue weighted by molar-refractivity contribution is 0.0954. The Morgan fingerprint density at radius 1 is 0.962 bits per heavy atom. The number of benzene rings is 2. The van der Waals surface area contributed by atoms with Crippen LogP contribution in [0.15, 0.2) is 59.6 Å². The first-order chi connectivity index (χ1) is 12.2. The van der Waals surface area contributed by atoms with Gasteiger partial charge in [0, 0.05) is 37.3 Å². The highest BCUT2D eigenvalue weighted by molar-refractivity contribution is 14.0. The van der Waals surface area contributed by atoms with Crippen molar-refractivity contribution in [2.24, 2.45) is 4.99 Å². The highest BCUT2D eigenvalue weighted by Crippen LogP contribution is 2.10. The van der Waals surface area contributed by atoms with Crippen molar-refractivity contribution >= 4 is 47.4 Å². The van der Waals surface area contributed by atoms with E-state index in [2.05, 4.69) is 20.9 Å². The number of hydrogen-bond donors (Lipinski definition) is 3. The summed E-state index contributed by atoms with van der Waals surface area (Å²) in [7, 11) is 1.72. The smallest absolute Gasteiger partial charge is 0.251 e. The molecule has 0 unspecified atom stereocenters. The number of nitrogens with zero attached hydrogens (tertiary/aromatic N) is 1. The van der Waals surface area contributed by atoms with Crippen LogP contribution in [-0.4, -0.2) is 38.5 Å². The quantitative estimate of drug-likeness (QED) is 0.244. The highest BCUT2D eigenvalue weighted by Gasteiger charge is 2.03. The molecule has 2 rings (SSSR count). The van der Waals surface area contributed by atoms with Gasteiger partial charge in [0.05, 0.1) is 0 Å². The number of aliphatic imine (C=N–C) groups is 1.